The highest BCUT2D eigenvalue weighted by molar-refractivity contribution is 6.67. The Morgan fingerprint density at radius 3 is 1.56 bits per heavy atom. The topological polar surface area (TPSA) is 65.8 Å². The van der Waals surface area contributed by atoms with Crippen molar-refractivity contribution in [3.8, 4) is 0 Å². The van der Waals surface area contributed by atoms with E-state index < -0.39 is 0 Å². The molecule has 0 bridgehead atoms. The minimum absolute atomic E-state index is 0.0672. The van der Waals surface area contributed by atoms with Gasteiger partial charge in [-0.25, -0.2) is 0 Å². The van der Waals surface area contributed by atoms with Crippen molar-refractivity contribution in [2.45, 2.75) is 26.7 Å². The third-order valence-corrected chi connectivity index (χ3v) is 4.00. The van der Waals surface area contributed by atoms with Gasteiger partial charge in [0, 0.05) is 12.8 Å². The monoisotopic (exact) mass is 334 g/mol. The summed E-state index contributed by atoms with van der Waals surface area (Å²) in [4.78, 5) is 12.7. The average Bonchev–Trinajstić information content (AvgIpc) is 2.62. The lowest BCUT2D eigenvalue weighted by molar-refractivity contribution is -0.108. The normalized spacial score (nSPS) is 19.8. The minimum atomic E-state index is -0.105. The molecule has 1 aliphatic carbocycles. The Hall–Kier alpha value is -2.95. The van der Waals surface area contributed by atoms with Crippen LogP contribution in [0.2, 0.25) is 0 Å². The van der Waals surface area contributed by atoms with E-state index in [0.29, 0.717) is 24.3 Å². The molecule has 0 amide bonds. The Bertz CT molecular complexity index is 729. The molecule has 0 unspecified atom stereocenters. The fourth-order valence-corrected chi connectivity index (χ4v) is 2.77. The summed E-state index contributed by atoms with van der Waals surface area (Å²) in [7, 11) is 0. The Morgan fingerprint density at radius 1 is 0.760 bits per heavy atom. The molecule has 0 aromatic heterocycles. The van der Waals surface area contributed by atoms with Crippen LogP contribution in [0.25, 0.3) is 0 Å². The predicted molar refractivity (Wildman–Crippen MR) is 103 cm³/mol. The van der Waals surface area contributed by atoms with Crippen LogP contribution in [0.5, 0.6) is 0 Å². The summed E-state index contributed by atoms with van der Waals surface area (Å²) in [6, 6.07) is 19.2. The zero-order valence-corrected chi connectivity index (χ0v) is 14.5. The quantitative estimate of drug-likeness (QED) is 0.819. The number of hydrogen-bond donors (Lipinski definition) is 2. The molecule has 0 aliphatic heterocycles. The van der Waals surface area contributed by atoms with Gasteiger partial charge in [-0.15, -0.1) is 0 Å². The van der Waals surface area contributed by atoms with Gasteiger partial charge in [-0.05, 0) is 29.7 Å². The van der Waals surface area contributed by atoms with Crippen LogP contribution in [-0.4, -0.2) is 17.2 Å². The van der Waals surface area contributed by atoms with E-state index in [2.05, 4.69) is 34.9 Å². The summed E-state index contributed by atoms with van der Waals surface area (Å²) in [6.07, 6.45) is 1.24. The largest absolute Gasteiger partial charge is 0.286 e. The van der Waals surface area contributed by atoms with Gasteiger partial charge in [-0.2, -0.15) is 10.2 Å². The maximum Gasteiger partial charge on any atom is 0.224 e. The first-order valence-electron chi connectivity index (χ1n) is 8.33. The molecule has 5 heteroatoms. The fourth-order valence-electron chi connectivity index (χ4n) is 2.77. The number of carbonyl (C=O) groups is 1. The molecule has 0 atom stereocenters. The Kier molecular flexibility index (Phi) is 4.93. The maximum absolute atomic E-state index is 12.7. The molecule has 2 N–H and O–H groups in total. The van der Waals surface area contributed by atoms with Crippen LogP contribution in [0.3, 0.4) is 0 Å². The number of hydrogen-bond acceptors (Lipinski definition) is 5. The van der Waals surface area contributed by atoms with Crippen LogP contribution in [0.15, 0.2) is 70.9 Å². The van der Waals surface area contributed by atoms with E-state index in [1.807, 2.05) is 60.7 Å². The van der Waals surface area contributed by atoms with Crippen LogP contribution in [0.4, 0.5) is 11.4 Å². The van der Waals surface area contributed by atoms with Crippen molar-refractivity contribution in [3.05, 3.63) is 60.7 Å². The number of ketones is 1. The highest BCUT2D eigenvalue weighted by Gasteiger charge is 2.35. The van der Waals surface area contributed by atoms with Gasteiger partial charge in [-0.3, -0.25) is 15.6 Å². The summed E-state index contributed by atoms with van der Waals surface area (Å²) in [5.74, 6) is -0.105. The second-order valence-corrected chi connectivity index (χ2v) is 6.92. The molecule has 1 saturated carbocycles. The zero-order chi connectivity index (χ0) is 17.7. The van der Waals surface area contributed by atoms with Crippen molar-refractivity contribution in [1.82, 2.24) is 0 Å². The summed E-state index contributed by atoms with van der Waals surface area (Å²) in [5.41, 5.74) is 8.59. The number of para-hydroxylation sites is 2. The number of hydrazone groups is 2. The molecule has 128 valence electrons. The first-order valence-corrected chi connectivity index (χ1v) is 8.33. The highest BCUT2D eigenvalue weighted by atomic mass is 16.1. The number of rotatable bonds is 4. The number of nitrogens with zero attached hydrogens (tertiary/aromatic N) is 2. The third-order valence-electron chi connectivity index (χ3n) is 4.00. The smallest absolute Gasteiger partial charge is 0.224 e. The van der Waals surface area contributed by atoms with E-state index in [1.165, 1.54) is 0 Å². The van der Waals surface area contributed by atoms with E-state index in [9.17, 15) is 4.79 Å². The van der Waals surface area contributed by atoms with Crippen LogP contribution in [-0.2, 0) is 4.79 Å². The van der Waals surface area contributed by atoms with Crippen molar-refractivity contribution in [1.29, 1.82) is 0 Å². The van der Waals surface area contributed by atoms with Gasteiger partial charge in [0.1, 0.15) is 11.4 Å². The van der Waals surface area contributed by atoms with Gasteiger partial charge in [0.15, 0.2) is 0 Å². The minimum Gasteiger partial charge on any atom is -0.286 e. The average molecular weight is 334 g/mol. The fraction of sp³-hybridized carbons (Fsp3) is 0.250. The highest BCUT2D eigenvalue weighted by Crippen LogP contribution is 2.31. The molecule has 0 heterocycles. The van der Waals surface area contributed by atoms with E-state index in [1.54, 1.807) is 0 Å². The van der Waals surface area contributed by atoms with Gasteiger partial charge in [0.25, 0.3) is 0 Å². The molecule has 1 fully saturated rings. The molecular weight excluding hydrogens is 312 g/mol. The second-order valence-electron chi connectivity index (χ2n) is 6.92. The number of Topliss-reactive ketones (excluding diaryl/α,β-unsaturated/α-hetero) is 1. The summed E-state index contributed by atoms with van der Waals surface area (Å²) >= 11 is 0. The number of benzene rings is 2. The van der Waals surface area contributed by atoms with Gasteiger partial charge in [0.2, 0.25) is 5.78 Å². The lowest BCUT2D eigenvalue weighted by Crippen LogP contribution is -2.39. The third kappa shape index (κ3) is 4.53. The second kappa shape index (κ2) is 7.30. The molecule has 1 aliphatic rings. The molecule has 5 nitrogen and oxygen atoms in total. The Labute approximate surface area is 147 Å². The Morgan fingerprint density at radius 2 is 1.16 bits per heavy atom. The van der Waals surface area contributed by atoms with E-state index in [4.69, 9.17) is 0 Å². The maximum atomic E-state index is 12.7. The van der Waals surface area contributed by atoms with Crippen LogP contribution in [0, 0.1) is 5.41 Å². The van der Waals surface area contributed by atoms with Crippen molar-refractivity contribution in [2.24, 2.45) is 15.6 Å². The predicted octanol–water partition coefficient (Wildman–Crippen LogP) is 4.31. The van der Waals surface area contributed by atoms with Gasteiger partial charge in [0.05, 0.1) is 11.4 Å². The summed E-state index contributed by atoms with van der Waals surface area (Å²) < 4.78 is 0. The molecule has 3 rings (SSSR count). The van der Waals surface area contributed by atoms with Crippen molar-refractivity contribution in [2.75, 3.05) is 10.9 Å². The molecular formula is C20H22N4O. The van der Waals surface area contributed by atoms with Crippen LogP contribution >= 0.6 is 0 Å². The van der Waals surface area contributed by atoms with Gasteiger partial charge in [-0.1, -0.05) is 50.2 Å². The van der Waals surface area contributed by atoms with Crippen molar-refractivity contribution >= 4 is 28.6 Å². The van der Waals surface area contributed by atoms with Crippen molar-refractivity contribution < 1.29 is 4.79 Å². The molecule has 0 radical (unpaired) electrons. The standard InChI is InChI=1S/C20H22N4O/c1-20(2)13-17(23-21-15-9-5-3-6-10-15)19(25)18(14-20)24-22-16-11-7-4-8-12-16/h3-12,21-22H,13-14H2,1-2H3/b23-17-,24-18+. The molecule has 2 aromatic carbocycles. The zero-order valence-electron chi connectivity index (χ0n) is 14.5. The first kappa shape index (κ1) is 16.9. The number of carbonyl (C=O) groups excluding carboxylic acids is 1. The Balaban J connectivity index is 1.79. The van der Waals surface area contributed by atoms with Crippen molar-refractivity contribution in [3.63, 3.8) is 0 Å². The lowest BCUT2D eigenvalue weighted by Gasteiger charge is -2.30. The van der Waals surface area contributed by atoms with Gasteiger partial charge >= 0.3 is 0 Å². The summed E-state index contributed by atoms with van der Waals surface area (Å²) in [6.45, 7) is 4.24. The van der Waals surface area contributed by atoms with Gasteiger partial charge < -0.3 is 0 Å². The van der Waals surface area contributed by atoms with E-state index >= 15 is 0 Å². The molecule has 0 saturated heterocycles. The lowest BCUT2D eigenvalue weighted by atomic mass is 9.75. The molecule has 0 spiro atoms. The number of anilines is 2. The number of nitrogens with one attached hydrogen (secondary N) is 2. The molecule has 25 heavy (non-hydrogen) atoms. The first-order chi connectivity index (χ1) is 12.0. The van der Waals surface area contributed by atoms with Crippen LogP contribution in [0.1, 0.15) is 26.7 Å². The summed E-state index contributed by atoms with van der Waals surface area (Å²) in [5, 5.41) is 8.69. The van der Waals surface area contributed by atoms with E-state index in [-0.39, 0.29) is 11.2 Å². The molecule has 2 aromatic rings. The SMILES string of the molecule is CC1(C)C/C(=N/Nc2ccccc2)C(=O)/C(=N/Nc2ccccc2)C1. The van der Waals surface area contributed by atoms with Crippen LogP contribution < -0.4 is 10.9 Å². The van der Waals surface area contributed by atoms with E-state index in [0.717, 1.165) is 11.4 Å².